The van der Waals surface area contributed by atoms with Crippen molar-refractivity contribution in [2.75, 3.05) is 49.5 Å². The Labute approximate surface area is 198 Å². The molecule has 0 bridgehead atoms. The summed E-state index contributed by atoms with van der Waals surface area (Å²) >= 11 is 0. The molecule has 0 radical (unpaired) electrons. The molecule has 7 nitrogen and oxygen atoms in total. The second-order valence-corrected chi connectivity index (χ2v) is 9.22. The van der Waals surface area contributed by atoms with Gasteiger partial charge in [0.2, 0.25) is 11.9 Å². The lowest BCUT2D eigenvalue weighted by Gasteiger charge is -2.35. The molecular weight excluding hydrogens is 412 g/mol. The zero-order chi connectivity index (χ0) is 23.0. The summed E-state index contributed by atoms with van der Waals surface area (Å²) in [6.07, 6.45) is 6.00. The molecule has 33 heavy (non-hydrogen) atoms. The first-order valence-corrected chi connectivity index (χ1v) is 12.6. The maximum Gasteiger partial charge on any atom is 0.227 e. The Morgan fingerprint density at radius 3 is 2.55 bits per heavy atom. The number of carbonyl (C=O) groups excluding carboxylic acids is 1. The molecule has 1 atom stereocenters. The highest BCUT2D eigenvalue weighted by Crippen LogP contribution is 2.24. The number of likely N-dealkylation sites (tertiary alicyclic amines) is 1. The average molecular weight is 451 g/mol. The second kappa shape index (κ2) is 11.5. The van der Waals surface area contributed by atoms with Crippen LogP contribution in [0.5, 0.6) is 0 Å². The average Bonchev–Trinajstić information content (AvgIpc) is 2.87. The highest BCUT2D eigenvalue weighted by Gasteiger charge is 2.29. The van der Waals surface area contributed by atoms with E-state index in [1.807, 2.05) is 31.0 Å². The number of nitrogens with zero attached hydrogens (tertiary/aromatic N) is 5. The lowest BCUT2D eigenvalue weighted by molar-refractivity contribution is -0.135. The number of hydrogen-bond donors (Lipinski definition) is 1. The maximum atomic E-state index is 12.9. The molecule has 2 aliphatic rings. The van der Waals surface area contributed by atoms with Gasteiger partial charge in [0.15, 0.2) is 0 Å². The summed E-state index contributed by atoms with van der Waals surface area (Å²) < 4.78 is 0. The molecule has 0 aliphatic carbocycles. The zero-order valence-electron chi connectivity index (χ0n) is 20.1. The van der Waals surface area contributed by atoms with E-state index >= 15 is 0 Å². The Morgan fingerprint density at radius 1 is 1.06 bits per heavy atom. The number of anilines is 2. The fourth-order valence-electron chi connectivity index (χ4n) is 5.02. The summed E-state index contributed by atoms with van der Waals surface area (Å²) in [4.78, 5) is 28.9. The quantitative estimate of drug-likeness (QED) is 0.663. The minimum absolute atomic E-state index is 0.0350. The first-order valence-electron chi connectivity index (χ1n) is 12.6. The molecular formula is C26H38N6O. The summed E-state index contributed by atoms with van der Waals surface area (Å²) in [6, 6.07) is 13.1. The van der Waals surface area contributed by atoms with Crippen molar-refractivity contribution in [3.8, 4) is 0 Å². The van der Waals surface area contributed by atoms with Crippen LogP contribution in [0.4, 0.5) is 11.8 Å². The van der Waals surface area contributed by atoms with Gasteiger partial charge in [0, 0.05) is 58.1 Å². The Bertz CT molecular complexity index is 879. The normalized spacial score (nSPS) is 19.9. The summed E-state index contributed by atoms with van der Waals surface area (Å²) in [5.74, 6) is 1.92. The highest BCUT2D eigenvalue weighted by molar-refractivity contribution is 5.79. The SMILES string of the molecule is CCN(CC)C(=O)C1CCCN(c2nccc(NC3CCN(Cc4ccccc4)CC3)n2)C1. The van der Waals surface area contributed by atoms with E-state index in [1.165, 1.54) is 5.56 Å². The van der Waals surface area contributed by atoms with E-state index in [0.29, 0.717) is 12.6 Å². The van der Waals surface area contributed by atoms with Gasteiger partial charge in [-0.15, -0.1) is 0 Å². The van der Waals surface area contributed by atoms with Crippen molar-refractivity contribution in [2.45, 2.75) is 52.1 Å². The molecule has 0 saturated carbocycles. The van der Waals surface area contributed by atoms with E-state index in [0.717, 1.165) is 76.7 Å². The molecule has 1 amide bonds. The van der Waals surface area contributed by atoms with Gasteiger partial charge < -0.3 is 15.1 Å². The summed E-state index contributed by atoms with van der Waals surface area (Å²) in [5.41, 5.74) is 1.38. The molecule has 3 heterocycles. The Hall–Kier alpha value is -2.67. The van der Waals surface area contributed by atoms with Gasteiger partial charge in [0.05, 0.1) is 5.92 Å². The van der Waals surface area contributed by atoms with Crippen LogP contribution in [-0.2, 0) is 11.3 Å². The van der Waals surface area contributed by atoms with E-state index in [9.17, 15) is 4.79 Å². The Kier molecular flexibility index (Phi) is 8.15. The summed E-state index contributed by atoms with van der Waals surface area (Å²) in [7, 11) is 0. The van der Waals surface area contributed by atoms with Gasteiger partial charge >= 0.3 is 0 Å². The minimum atomic E-state index is 0.0350. The summed E-state index contributed by atoms with van der Waals surface area (Å²) in [6.45, 7) is 10.4. The van der Waals surface area contributed by atoms with Crippen LogP contribution in [0.25, 0.3) is 0 Å². The predicted molar refractivity (Wildman–Crippen MR) is 133 cm³/mol. The van der Waals surface area contributed by atoms with Crippen molar-refractivity contribution in [1.82, 2.24) is 19.8 Å². The van der Waals surface area contributed by atoms with Crippen molar-refractivity contribution >= 4 is 17.7 Å². The van der Waals surface area contributed by atoms with Gasteiger partial charge in [-0.05, 0) is 51.2 Å². The number of amides is 1. The van der Waals surface area contributed by atoms with Crippen LogP contribution in [-0.4, -0.2) is 71.0 Å². The smallest absolute Gasteiger partial charge is 0.227 e. The molecule has 0 spiro atoms. The predicted octanol–water partition coefficient (Wildman–Crippen LogP) is 3.64. The topological polar surface area (TPSA) is 64.6 Å². The molecule has 2 aliphatic heterocycles. The van der Waals surface area contributed by atoms with Gasteiger partial charge in [0.1, 0.15) is 5.82 Å². The van der Waals surface area contributed by atoms with Crippen LogP contribution in [0.1, 0.15) is 45.1 Å². The van der Waals surface area contributed by atoms with E-state index in [4.69, 9.17) is 4.98 Å². The number of rotatable bonds is 8. The maximum absolute atomic E-state index is 12.9. The fourth-order valence-corrected chi connectivity index (χ4v) is 5.02. The second-order valence-electron chi connectivity index (χ2n) is 9.22. The third-order valence-electron chi connectivity index (χ3n) is 6.96. The minimum Gasteiger partial charge on any atom is -0.367 e. The lowest BCUT2D eigenvalue weighted by atomic mass is 9.96. The van der Waals surface area contributed by atoms with Crippen molar-refractivity contribution in [2.24, 2.45) is 5.92 Å². The summed E-state index contributed by atoms with van der Waals surface area (Å²) in [5, 5.41) is 3.64. The van der Waals surface area contributed by atoms with Gasteiger partial charge in [-0.25, -0.2) is 4.98 Å². The Balaban J connectivity index is 1.30. The molecule has 1 N–H and O–H groups in total. The molecule has 1 aromatic carbocycles. The first kappa shape index (κ1) is 23.5. The third-order valence-corrected chi connectivity index (χ3v) is 6.96. The molecule has 1 aromatic heterocycles. The third kappa shape index (κ3) is 6.22. The zero-order valence-corrected chi connectivity index (χ0v) is 20.1. The molecule has 2 aromatic rings. The molecule has 178 valence electrons. The van der Waals surface area contributed by atoms with Crippen molar-refractivity contribution < 1.29 is 4.79 Å². The number of piperidine rings is 2. The van der Waals surface area contributed by atoms with Gasteiger partial charge in [-0.1, -0.05) is 30.3 Å². The van der Waals surface area contributed by atoms with Gasteiger partial charge in [-0.3, -0.25) is 9.69 Å². The first-order chi connectivity index (χ1) is 16.2. The van der Waals surface area contributed by atoms with Crippen LogP contribution < -0.4 is 10.2 Å². The van der Waals surface area contributed by atoms with Crippen LogP contribution in [0.2, 0.25) is 0 Å². The molecule has 2 fully saturated rings. The number of carbonyl (C=O) groups is 1. The van der Waals surface area contributed by atoms with E-state index in [-0.39, 0.29) is 11.8 Å². The standard InChI is InChI=1S/C26H38N6O/c1-3-31(4-2)25(33)22-11-8-16-32(20-22)26-27-15-12-24(29-26)28-23-13-17-30(18-14-23)19-21-9-6-5-7-10-21/h5-7,9-10,12,15,22-23H,3-4,8,11,13-14,16-20H2,1-2H3,(H,27,28,29). The van der Waals surface area contributed by atoms with Gasteiger partial charge in [-0.2, -0.15) is 4.98 Å². The number of hydrogen-bond acceptors (Lipinski definition) is 6. The number of nitrogens with one attached hydrogen (secondary N) is 1. The van der Waals surface area contributed by atoms with Crippen molar-refractivity contribution in [3.63, 3.8) is 0 Å². The van der Waals surface area contributed by atoms with Crippen LogP contribution in [0.15, 0.2) is 42.6 Å². The van der Waals surface area contributed by atoms with Gasteiger partial charge in [0.25, 0.3) is 0 Å². The monoisotopic (exact) mass is 450 g/mol. The largest absolute Gasteiger partial charge is 0.367 e. The fraction of sp³-hybridized carbons (Fsp3) is 0.577. The molecule has 7 heteroatoms. The van der Waals surface area contributed by atoms with Crippen molar-refractivity contribution in [3.05, 3.63) is 48.2 Å². The number of benzene rings is 1. The van der Waals surface area contributed by atoms with E-state index in [1.54, 1.807) is 0 Å². The van der Waals surface area contributed by atoms with E-state index in [2.05, 4.69) is 50.4 Å². The van der Waals surface area contributed by atoms with Crippen LogP contribution >= 0.6 is 0 Å². The van der Waals surface area contributed by atoms with Crippen LogP contribution in [0, 0.1) is 5.92 Å². The Morgan fingerprint density at radius 2 is 1.82 bits per heavy atom. The number of aromatic nitrogens is 2. The highest BCUT2D eigenvalue weighted by atomic mass is 16.2. The molecule has 4 rings (SSSR count). The van der Waals surface area contributed by atoms with Crippen molar-refractivity contribution in [1.29, 1.82) is 0 Å². The van der Waals surface area contributed by atoms with Crippen LogP contribution in [0.3, 0.4) is 0 Å². The lowest BCUT2D eigenvalue weighted by Crippen LogP contribution is -2.45. The molecule has 1 unspecified atom stereocenters. The molecule has 2 saturated heterocycles. The van der Waals surface area contributed by atoms with E-state index < -0.39 is 0 Å².